The second kappa shape index (κ2) is 11.5. The van der Waals surface area contributed by atoms with E-state index >= 15 is 0 Å². The highest BCUT2D eigenvalue weighted by Crippen LogP contribution is 2.29. The third kappa shape index (κ3) is 7.43. The summed E-state index contributed by atoms with van der Waals surface area (Å²) in [5.41, 5.74) is 8.75. The van der Waals surface area contributed by atoms with Crippen molar-refractivity contribution in [1.29, 1.82) is 0 Å². The van der Waals surface area contributed by atoms with Gasteiger partial charge in [0, 0.05) is 39.1 Å². The summed E-state index contributed by atoms with van der Waals surface area (Å²) in [7, 11) is 0. The lowest BCUT2D eigenvalue weighted by Gasteiger charge is -2.06. The number of hydrogen-bond donors (Lipinski definition) is 1. The molecule has 31 heavy (non-hydrogen) atoms. The van der Waals surface area contributed by atoms with Gasteiger partial charge in [0.15, 0.2) is 5.17 Å². The molecule has 3 rings (SSSR count). The Kier molecular flexibility index (Phi) is 8.52. The predicted octanol–water partition coefficient (Wildman–Crippen LogP) is 6.12. The standard InChI is InChI=1S/C22H19ClN4O2S2/c23-19-8-6-17(7-9-19)14-30-21-11-10-20(27(28)29)12-18(21)13-25-26-22(24)31-15-16-4-2-1-3-5-16/h1-13H,14-15H2,(H2,24,26). The van der Waals surface area contributed by atoms with Crippen LogP contribution in [-0.2, 0) is 11.5 Å². The number of rotatable bonds is 8. The van der Waals surface area contributed by atoms with Gasteiger partial charge in [-0.05, 0) is 29.3 Å². The molecule has 0 fully saturated rings. The minimum Gasteiger partial charge on any atom is -0.377 e. The molecule has 0 atom stereocenters. The molecule has 0 saturated heterocycles. The highest BCUT2D eigenvalue weighted by Gasteiger charge is 2.10. The number of halogens is 1. The molecule has 0 saturated carbocycles. The lowest BCUT2D eigenvalue weighted by atomic mass is 10.2. The highest BCUT2D eigenvalue weighted by molar-refractivity contribution is 8.13. The van der Waals surface area contributed by atoms with E-state index in [2.05, 4.69) is 10.2 Å². The fourth-order valence-electron chi connectivity index (χ4n) is 2.53. The van der Waals surface area contributed by atoms with Gasteiger partial charge in [-0.15, -0.1) is 16.9 Å². The summed E-state index contributed by atoms with van der Waals surface area (Å²) >= 11 is 8.85. The molecular formula is C22H19ClN4O2S2. The predicted molar refractivity (Wildman–Crippen MR) is 131 cm³/mol. The van der Waals surface area contributed by atoms with Crippen LogP contribution in [0.3, 0.4) is 0 Å². The summed E-state index contributed by atoms with van der Waals surface area (Å²) in [6.45, 7) is 0. The van der Waals surface area contributed by atoms with Crippen LogP contribution < -0.4 is 5.73 Å². The topological polar surface area (TPSA) is 93.9 Å². The van der Waals surface area contributed by atoms with Crippen LogP contribution >= 0.6 is 35.1 Å². The zero-order valence-electron chi connectivity index (χ0n) is 16.3. The zero-order valence-corrected chi connectivity index (χ0v) is 18.7. The Morgan fingerprint density at radius 2 is 1.74 bits per heavy atom. The summed E-state index contributed by atoms with van der Waals surface area (Å²) < 4.78 is 0. The summed E-state index contributed by atoms with van der Waals surface area (Å²) in [6, 6.07) is 22.2. The van der Waals surface area contributed by atoms with E-state index in [1.807, 2.05) is 54.6 Å². The Balaban J connectivity index is 1.70. The second-order valence-corrected chi connectivity index (χ2v) is 8.80. The number of nitro benzene ring substituents is 1. The fourth-order valence-corrected chi connectivity index (χ4v) is 4.23. The van der Waals surface area contributed by atoms with Gasteiger partial charge >= 0.3 is 0 Å². The van der Waals surface area contributed by atoms with E-state index in [-0.39, 0.29) is 5.69 Å². The average Bonchev–Trinajstić information content (AvgIpc) is 2.78. The van der Waals surface area contributed by atoms with E-state index in [0.29, 0.717) is 27.3 Å². The maximum Gasteiger partial charge on any atom is 0.270 e. The van der Waals surface area contributed by atoms with Crippen LogP contribution in [0, 0.1) is 10.1 Å². The molecule has 3 aromatic carbocycles. The van der Waals surface area contributed by atoms with Crippen molar-refractivity contribution in [3.63, 3.8) is 0 Å². The van der Waals surface area contributed by atoms with Crippen molar-refractivity contribution in [2.24, 2.45) is 15.9 Å². The molecule has 9 heteroatoms. The molecule has 2 N–H and O–H groups in total. The molecule has 0 bridgehead atoms. The van der Waals surface area contributed by atoms with Crippen LogP contribution in [0.4, 0.5) is 5.69 Å². The Bertz CT molecular complexity index is 1090. The van der Waals surface area contributed by atoms with Gasteiger partial charge in [-0.1, -0.05) is 65.8 Å². The molecule has 0 unspecified atom stereocenters. The maximum absolute atomic E-state index is 11.2. The second-order valence-electron chi connectivity index (χ2n) is 6.35. The van der Waals surface area contributed by atoms with Gasteiger partial charge in [-0.3, -0.25) is 10.1 Å². The smallest absolute Gasteiger partial charge is 0.270 e. The molecule has 0 radical (unpaired) electrons. The van der Waals surface area contributed by atoms with Crippen LogP contribution in [-0.4, -0.2) is 16.3 Å². The maximum atomic E-state index is 11.2. The summed E-state index contributed by atoms with van der Waals surface area (Å²) in [5, 5.41) is 20.2. The van der Waals surface area contributed by atoms with Crippen molar-refractivity contribution in [2.45, 2.75) is 16.4 Å². The first-order valence-electron chi connectivity index (χ1n) is 9.20. The molecule has 6 nitrogen and oxygen atoms in total. The summed E-state index contributed by atoms with van der Waals surface area (Å²) in [5.74, 6) is 1.37. The van der Waals surface area contributed by atoms with E-state index < -0.39 is 4.92 Å². The van der Waals surface area contributed by atoms with Crippen molar-refractivity contribution >= 4 is 52.2 Å². The lowest BCUT2D eigenvalue weighted by molar-refractivity contribution is -0.384. The number of nitrogens with zero attached hydrogens (tertiary/aromatic N) is 3. The van der Waals surface area contributed by atoms with E-state index in [1.54, 1.807) is 17.8 Å². The van der Waals surface area contributed by atoms with Crippen molar-refractivity contribution in [3.8, 4) is 0 Å². The fraction of sp³-hybridized carbons (Fsp3) is 0.0909. The van der Waals surface area contributed by atoms with Gasteiger partial charge in [0.1, 0.15) is 0 Å². The molecule has 0 aliphatic heterocycles. The Morgan fingerprint density at radius 3 is 2.45 bits per heavy atom. The number of nitrogens with two attached hydrogens (primary N) is 1. The van der Waals surface area contributed by atoms with Crippen molar-refractivity contribution in [1.82, 2.24) is 0 Å². The molecule has 0 aliphatic carbocycles. The lowest BCUT2D eigenvalue weighted by Crippen LogP contribution is -2.06. The first-order valence-corrected chi connectivity index (χ1v) is 11.5. The van der Waals surface area contributed by atoms with Gasteiger partial charge in [0.05, 0.1) is 11.1 Å². The van der Waals surface area contributed by atoms with Crippen molar-refractivity contribution in [2.75, 3.05) is 0 Å². The number of amidine groups is 1. The first-order chi connectivity index (χ1) is 15.0. The highest BCUT2D eigenvalue weighted by atomic mass is 35.5. The van der Waals surface area contributed by atoms with Crippen LogP contribution in [0.25, 0.3) is 0 Å². The number of benzene rings is 3. The molecule has 0 aliphatic rings. The quantitative estimate of drug-likeness (QED) is 0.141. The number of nitro groups is 1. The molecule has 0 amide bonds. The van der Waals surface area contributed by atoms with Crippen LogP contribution in [0.15, 0.2) is 87.9 Å². The Morgan fingerprint density at radius 1 is 1.03 bits per heavy atom. The number of hydrogen-bond acceptors (Lipinski definition) is 6. The average molecular weight is 471 g/mol. The minimum atomic E-state index is -0.432. The molecule has 0 aromatic heterocycles. The molecule has 158 valence electrons. The summed E-state index contributed by atoms with van der Waals surface area (Å²) in [6.07, 6.45) is 1.49. The Hall–Kier alpha value is -2.81. The van der Waals surface area contributed by atoms with Gasteiger partial charge in [-0.25, -0.2) is 0 Å². The van der Waals surface area contributed by atoms with Gasteiger partial charge in [0.25, 0.3) is 5.69 Å². The van der Waals surface area contributed by atoms with Crippen molar-refractivity contribution < 1.29 is 4.92 Å². The number of non-ortho nitro benzene ring substituents is 1. The first kappa shape index (κ1) is 22.9. The molecule has 3 aromatic rings. The SMILES string of the molecule is NC(=NN=Cc1cc([N+](=O)[O-])ccc1SCc1ccc(Cl)cc1)SCc1ccccc1. The van der Waals surface area contributed by atoms with Crippen LogP contribution in [0.2, 0.25) is 5.02 Å². The van der Waals surface area contributed by atoms with E-state index in [1.165, 1.54) is 30.1 Å². The largest absolute Gasteiger partial charge is 0.377 e. The van der Waals surface area contributed by atoms with Gasteiger partial charge in [0.2, 0.25) is 0 Å². The van der Waals surface area contributed by atoms with E-state index in [9.17, 15) is 10.1 Å². The van der Waals surface area contributed by atoms with E-state index in [4.69, 9.17) is 17.3 Å². The van der Waals surface area contributed by atoms with Crippen LogP contribution in [0.1, 0.15) is 16.7 Å². The Labute approximate surface area is 193 Å². The third-order valence-corrected chi connectivity index (χ3v) is 6.36. The van der Waals surface area contributed by atoms with Gasteiger partial charge < -0.3 is 5.73 Å². The number of thioether (sulfide) groups is 2. The van der Waals surface area contributed by atoms with Crippen molar-refractivity contribution in [3.05, 3.63) is 105 Å². The molecule has 0 spiro atoms. The monoisotopic (exact) mass is 470 g/mol. The van der Waals surface area contributed by atoms with E-state index in [0.717, 1.165) is 16.0 Å². The van der Waals surface area contributed by atoms with Gasteiger partial charge in [-0.2, -0.15) is 5.10 Å². The minimum absolute atomic E-state index is 0.00676. The summed E-state index contributed by atoms with van der Waals surface area (Å²) in [4.78, 5) is 11.6. The molecule has 0 heterocycles. The third-order valence-electron chi connectivity index (χ3n) is 4.09. The normalized spacial score (nSPS) is 11.7. The zero-order chi connectivity index (χ0) is 22.1. The molecular weight excluding hydrogens is 452 g/mol. The van der Waals surface area contributed by atoms with Crippen LogP contribution in [0.5, 0.6) is 0 Å².